The summed E-state index contributed by atoms with van der Waals surface area (Å²) >= 11 is 0. The largest absolute Gasteiger partial charge is 0.481 e. The van der Waals surface area contributed by atoms with Gasteiger partial charge in [0.15, 0.2) is 6.10 Å². The van der Waals surface area contributed by atoms with Gasteiger partial charge in [-0.2, -0.15) is 0 Å². The van der Waals surface area contributed by atoms with E-state index in [0.29, 0.717) is 0 Å². The minimum Gasteiger partial charge on any atom is -0.481 e. The molecule has 0 radical (unpaired) electrons. The van der Waals surface area contributed by atoms with Gasteiger partial charge < -0.3 is 14.9 Å². The van der Waals surface area contributed by atoms with Crippen LogP contribution in [0, 0.1) is 5.92 Å². The van der Waals surface area contributed by atoms with Crippen LogP contribution in [-0.4, -0.2) is 34.9 Å². The second-order valence-electron chi connectivity index (χ2n) is 3.54. The fourth-order valence-electron chi connectivity index (χ4n) is 1.36. The minimum absolute atomic E-state index is 0.0552. The summed E-state index contributed by atoms with van der Waals surface area (Å²) in [6.45, 7) is 3.70. The van der Waals surface area contributed by atoms with Crippen molar-refractivity contribution in [2.45, 2.75) is 39.2 Å². The summed E-state index contributed by atoms with van der Waals surface area (Å²) in [7, 11) is 0. The van der Waals surface area contributed by atoms with Crippen LogP contribution in [0.2, 0.25) is 0 Å². The summed E-state index contributed by atoms with van der Waals surface area (Å²) in [5.41, 5.74) is 0. The molecule has 2 N–H and O–H groups in total. The number of carboxylic acid groups (broad SMARTS) is 2. The zero-order valence-corrected chi connectivity index (χ0v) is 9.10. The highest BCUT2D eigenvalue weighted by atomic mass is 16.5. The maximum atomic E-state index is 10.8. The highest BCUT2D eigenvalue weighted by Gasteiger charge is 2.24. The molecule has 2 atom stereocenters. The van der Waals surface area contributed by atoms with Crippen molar-refractivity contribution < 1.29 is 24.5 Å². The SMILES string of the molecule is CCCC(C)C(OCCC(=O)O)C(=O)O. The van der Waals surface area contributed by atoms with Gasteiger partial charge in [0.25, 0.3) is 0 Å². The summed E-state index contributed by atoms with van der Waals surface area (Å²) in [5, 5.41) is 17.2. The van der Waals surface area contributed by atoms with Crippen LogP contribution in [0.4, 0.5) is 0 Å². The van der Waals surface area contributed by atoms with Crippen molar-refractivity contribution in [1.82, 2.24) is 0 Å². The van der Waals surface area contributed by atoms with Crippen LogP contribution in [0.1, 0.15) is 33.1 Å². The summed E-state index contributed by atoms with van der Waals surface area (Å²) in [5.74, 6) is -2.11. The molecule has 0 heterocycles. The van der Waals surface area contributed by atoms with E-state index in [0.717, 1.165) is 12.8 Å². The van der Waals surface area contributed by atoms with E-state index in [1.54, 1.807) is 6.92 Å². The predicted molar refractivity (Wildman–Crippen MR) is 53.7 cm³/mol. The van der Waals surface area contributed by atoms with E-state index < -0.39 is 18.0 Å². The Morgan fingerprint density at radius 2 is 1.93 bits per heavy atom. The number of hydrogen-bond acceptors (Lipinski definition) is 3. The fraction of sp³-hybridized carbons (Fsp3) is 0.800. The molecule has 0 aromatic carbocycles. The third kappa shape index (κ3) is 6.06. The third-order valence-corrected chi connectivity index (χ3v) is 2.12. The van der Waals surface area contributed by atoms with E-state index in [9.17, 15) is 9.59 Å². The van der Waals surface area contributed by atoms with Gasteiger partial charge in [-0.25, -0.2) is 4.79 Å². The maximum absolute atomic E-state index is 10.8. The molecule has 0 aliphatic heterocycles. The van der Waals surface area contributed by atoms with E-state index in [4.69, 9.17) is 14.9 Å². The van der Waals surface area contributed by atoms with Gasteiger partial charge in [0.1, 0.15) is 0 Å². The molecule has 5 heteroatoms. The number of hydrogen-bond donors (Lipinski definition) is 2. The number of carboxylic acids is 2. The van der Waals surface area contributed by atoms with Gasteiger partial charge >= 0.3 is 11.9 Å². The molecule has 0 aromatic heterocycles. The molecule has 0 spiro atoms. The predicted octanol–water partition coefficient (Wildman–Crippen LogP) is 1.37. The van der Waals surface area contributed by atoms with Crippen LogP contribution < -0.4 is 0 Å². The van der Waals surface area contributed by atoms with Gasteiger partial charge in [0, 0.05) is 0 Å². The Hall–Kier alpha value is -1.10. The quantitative estimate of drug-likeness (QED) is 0.642. The Balaban J connectivity index is 4.04. The second-order valence-corrected chi connectivity index (χ2v) is 3.54. The summed E-state index contributed by atoms with van der Waals surface area (Å²) in [6, 6.07) is 0. The van der Waals surface area contributed by atoms with Crippen LogP contribution >= 0.6 is 0 Å². The highest BCUT2D eigenvalue weighted by Crippen LogP contribution is 2.14. The minimum atomic E-state index is -1.03. The smallest absolute Gasteiger partial charge is 0.333 e. The lowest BCUT2D eigenvalue weighted by molar-refractivity contribution is -0.156. The first-order chi connectivity index (χ1) is 6.99. The third-order valence-electron chi connectivity index (χ3n) is 2.12. The molecule has 0 aromatic rings. The van der Waals surface area contributed by atoms with Gasteiger partial charge in [-0.1, -0.05) is 20.3 Å². The average Bonchev–Trinajstić information content (AvgIpc) is 2.11. The van der Waals surface area contributed by atoms with Crippen molar-refractivity contribution in [2.24, 2.45) is 5.92 Å². The lowest BCUT2D eigenvalue weighted by Gasteiger charge is -2.19. The molecular formula is C10H18O5. The number of carbonyl (C=O) groups is 2. The van der Waals surface area contributed by atoms with Gasteiger partial charge in [-0.3, -0.25) is 4.79 Å². The molecule has 88 valence electrons. The van der Waals surface area contributed by atoms with Crippen molar-refractivity contribution in [3.05, 3.63) is 0 Å². The van der Waals surface area contributed by atoms with Gasteiger partial charge in [0.2, 0.25) is 0 Å². The monoisotopic (exact) mass is 218 g/mol. The van der Waals surface area contributed by atoms with Crippen LogP contribution in [0.3, 0.4) is 0 Å². The molecule has 0 bridgehead atoms. The molecule has 0 aliphatic carbocycles. The molecule has 0 rings (SSSR count). The first-order valence-corrected chi connectivity index (χ1v) is 5.05. The van der Waals surface area contributed by atoms with Gasteiger partial charge in [-0.05, 0) is 12.3 Å². The molecule has 0 saturated carbocycles. The van der Waals surface area contributed by atoms with Crippen LogP contribution in [-0.2, 0) is 14.3 Å². The summed E-state index contributed by atoms with van der Waals surface area (Å²) < 4.78 is 5.05. The summed E-state index contributed by atoms with van der Waals surface area (Å²) in [4.78, 5) is 21.0. The zero-order chi connectivity index (χ0) is 11.8. The second kappa shape index (κ2) is 7.23. The van der Waals surface area contributed by atoms with Crippen molar-refractivity contribution in [1.29, 1.82) is 0 Å². The van der Waals surface area contributed by atoms with Crippen LogP contribution in [0.25, 0.3) is 0 Å². The van der Waals surface area contributed by atoms with E-state index in [-0.39, 0.29) is 18.9 Å². The molecule has 0 aliphatic rings. The van der Waals surface area contributed by atoms with E-state index in [1.807, 2.05) is 6.92 Å². The Kier molecular flexibility index (Phi) is 6.70. The Labute approximate surface area is 89.0 Å². The highest BCUT2D eigenvalue weighted by molar-refractivity contribution is 5.72. The van der Waals surface area contributed by atoms with Crippen molar-refractivity contribution in [3.63, 3.8) is 0 Å². The van der Waals surface area contributed by atoms with Crippen LogP contribution in [0.5, 0.6) is 0 Å². The van der Waals surface area contributed by atoms with Gasteiger partial charge in [0.05, 0.1) is 13.0 Å². The van der Waals surface area contributed by atoms with E-state index in [2.05, 4.69) is 0 Å². The topological polar surface area (TPSA) is 83.8 Å². The van der Waals surface area contributed by atoms with E-state index in [1.165, 1.54) is 0 Å². The first kappa shape index (κ1) is 13.9. The number of rotatable bonds is 8. The lowest BCUT2D eigenvalue weighted by atomic mass is 9.99. The Morgan fingerprint density at radius 1 is 1.33 bits per heavy atom. The molecular weight excluding hydrogens is 200 g/mol. The Bertz CT molecular complexity index is 214. The standard InChI is InChI=1S/C10H18O5/c1-3-4-7(2)9(10(13)14)15-6-5-8(11)12/h7,9H,3-6H2,1-2H3,(H,11,12)(H,13,14). The zero-order valence-electron chi connectivity index (χ0n) is 9.10. The number of ether oxygens (including phenoxy) is 1. The maximum Gasteiger partial charge on any atom is 0.333 e. The fourth-order valence-corrected chi connectivity index (χ4v) is 1.36. The van der Waals surface area contributed by atoms with Crippen molar-refractivity contribution in [3.8, 4) is 0 Å². The molecule has 0 saturated heterocycles. The van der Waals surface area contributed by atoms with Crippen LogP contribution in [0.15, 0.2) is 0 Å². The Morgan fingerprint density at radius 3 is 2.33 bits per heavy atom. The first-order valence-electron chi connectivity index (χ1n) is 5.05. The average molecular weight is 218 g/mol. The molecule has 15 heavy (non-hydrogen) atoms. The molecule has 2 unspecified atom stereocenters. The molecule has 0 amide bonds. The van der Waals surface area contributed by atoms with Crippen molar-refractivity contribution >= 4 is 11.9 Å². The molecule has 5 nitrogen and oxygen atoms in total. The summed E-state index contributed by atoms with van der Waals surface area (Å²) in [6.07, 6.45) is 0.573. The number of aliphatic carboxylic acids is 2. The normalized spacial score (nSPS) is 14.5. The van der Waals surface area contributed by atoms with Gasteiger partial charge in [-0.15, -0.1) is 0 Å². The molecule has 0 fully saturated rings. The van der Waals surface area contributed by atoms with E-state index >= 15 is 0 Å². The van der Waals surface area contributed by atoms with Crippen molar-refractivity contribution in [2.75, 3.05) is 6.61 Å². The lowest BCUT2D eigenvalue weighted by Crippen LogP contribution is -2.31.